The molecule has 12 heteroatoms. The number of methoxy groups -OCH3 is 1. The molecule has 0 bridgehead atoms. The number of hydrogen-bond donors (Lipinski definition) is 2. The maximum atomic E-state index is 15.8. The van der Waals surface area contributed by atoms with Crippen molar-refractivity contribution in [2.24, 2.45) is 0 Å². The van der Waals surface area contributed by atoms with Gasteiger partial charge < -0.3 is 24.6 Å². The van der Waals surface area contributed by atoms with Crippen molar-refractivity contribution < 1.29 is 36.9 Å². The zero-order valence-corrected chi connectivity index (χ0v) is 24.3. The van der Waals surface area contributed by atoms with Crippen LogP contribution in [-0.2, 0) is 10.7 Å². The molecule has 228 valence electrons. The molecule has 2 aliphatic heterocycles. The standard InChI is InChI=1S/C30H36F4N4O4/c1-16(20-9-6-10-22(24(20)31)30(33,34)29(3,4)39)35-28-21-12-23(27(40-5)25(32)26(21)36-17(2)37-28)42-15-18-8-7-11-38(18)19-13-41-14-19/h6,9-10,12,16,18-19,39H,7-8,11,13-15H2,1-5H3,(H,35,36,37)/t16-,18+/m1/s1. The van der Waals surface area contributed by atoms with Gasteiger partial charge in [-0.2, -0.15) is 8.78 Å². The highest BCUT2D eigenvalue weighted by atomic mass is 19.3. The van der Waals surface area contributed by atoms with Crippen molar-refractivity contribution in [1.29, 1.82) is 0 Å². The van der Waals surface area contributed by atoms with E-state index in [1.165, 1.54) is 19.2 Å². The molecule has 2 aromatic carbocycles. The molecule has 0 saturated carbocycles. The predicted molar refractivity (Wildman–Crippen MR) is 149 cm³/mol. The van der Waals surface area contributed by atoms with E-state index in [0.717, 1.165) is 39.3 Å². The molecule has 2 atom stereocenters. The molecule has 2 saturated heterocycles. The Kier molecular flexibility index (Phi) is 8.25. The number of alkyl halides is 2. The quantitative estimate of drug-likeness (QED) is 0.299. The Labute approximate surface area is 242 Å². The molecule has 2 fully saturated rings. The molecule has 1 aromatic heterocycles. The fraction of sp³-hybridized carbons (Fsp3) is 0.533. The maximum Gasteiger partial charge on any atom is 0.303 e. The summed E-state index contributed by atoms with van der Waals surface area (Å²) in [6.07, 6.45) is 1.98. The van der Waals surface area contributed by atoms with Crippen molar-refractivity contribution >= 4 is 16.7 Å². The van der Waals surface area contributed by atoms with Crippen LogP contribution in [0, 0.1) is 18.6 Å². The predicted octanol–water partition coefficient (Wildman–Crippen LogP) is 5.50. The summed E-state index contributed by atoms with van der Waals surface area (Å²) in [5, 5.41) is 13.3. The van der Waals surface area contributed by atoms with Crippen molar-refractivity contribution in [1.82, 2.24) is 14.9 Å². The SMILES string of the molecule is COc1c(OC[C@@H]2CCCN2C2COC2)cc2c(N[C@H](C)c3cccc(C(F)(F)C(C)(C)O)c3F)nc(C)nc2c1F. The molecule has 0 amide bonds. The van der Waals surface area contributed by atoms with Gasteiger partial charge in [-0.15, -0.1) is 0 Å². The summed E-state index contributed by atoms with van der Waals surface area (Å²) in [6.45, 7) is 7.64. The van der Waals surface area contributed by atoms with E-state index >= 15 is 8.78 Å². The molecule has 2 aliphatic rings. The third-order valence-corrected chi connectivity index (χ3v) is 8.07. The maximum absolute atomic E-state index is 15.8. The van der Waals surface area contributed by atoms with Gasteiger partial charge in [0, 0.05) is 17.0 Å². The Hall–Kier alpha value is -3.22. The molecule has 0 unspecified atom stereocenters. The van der Waals surface area contributed by atoms with Gasteiger partial charge in [0.1, 0.15) is 35.2 Å². The van der Waals surface area contributed by atoms with Crippen molar-refractivity contribution in [3.05, 3.63) is 52.9 Å². The minimum Gasteiger partial charge on any atom is -0.490 e. The monoisotopic (exact) mass is 592 g/mol. The zero-order chi connectivity index (χ0) is 30.4. The van der Waals surface area contributed by atoms with Crippen LogP contribution in [0.4, 0.5) is 23.4 Å². The highest BCUT2D eigenvalue weighted by Crippen LogP contribution is 2.42. The number of nitrogens with zero attached hydrogens (tertiary/aromatic N) is 3. The number of anilines is 1. The summed E-state index contributed by atoms with van der Waals surface area (Å²) >= 11 is 0. The van der Waals surface area contributed by atoms with Crippen molar-refractivity contribution in [3.63, 3.8) is 0 Å². The number of aromatic nitrogens is 2. The van der Waals surface area contributed by atoms with Gasteiger partial charge in [-0.1, -0.05) is 12.1 Å². The number of aliphatic hydroxyl groups is 1. The number of aryl methyl sites for hydroxylation is 1. The molecule has 0 aliphatic carbocycles. The molecule has 8 nitrogen and oxygen atoms in total. The minimum atomic E-state index is -3.85. The highest BCUT2D eigenvalue weighted by Gasteiger charge is 2.49. The molecule has 0 spiro atoms. The van der Waals surface area contributed by atoms with E-state index in [1.54, 1.807) is 19.9 Å². The normalized spacial score (nSPS) is 19.1. The second-order valence-corrected chi connectivity index (χ2v) is 11.5. The Morgan fingerprint density at radius 2 is 1.93 bits per heavy atom. The van der Waals surface area contributed by atoms with E-state index in [0.29, 0.717) is 25.9 Å². The van der Waals surface area contributed by atoms with E-state index in [-0.39, 0.29) is 45.6 Å². The van der Waals surface area contributed by atoms with Gasteiger partial charge in [0.05, 0.1) is 38.0 Å². The van der Waals surface area contributed by atoms with Gasteiger partial charge in [0.25, 0.3) is 0 Å². The fourth-order valence-electron chi connectivity index (χ4n) is 5.56. The fourth-order valence-corrected chi connectivity index (χ4v) is 5.56. The van der Waals surface area contributed by atoms with Gasteiger partial charge in [-0.3, -0.25) is 4.90 Å². The number of hydrogen-bond acceptors (Lipinski definition) is 8. The number of benzene rings is 2. The van der Waals surface area contributed by atoms with Crippen molar-refractivity contribution in [2.75, 3.05) is 38.8 Å². The van der Waals surface area contributed by atoms with Crippen LogP contribution >= 0.6 is 0 Å². The molecular formula is C30H36F4N4O4. The Morgan fingerprint density at radius 1 is 1.19 bits per heavy atom. The first kappa shape index (κ1) is 30.2. The average molecular weight is 593 g/mol. The van der Waals surface area contributed by atoms with Crippen LogP contribution in [0.5, 0.6) is 11.5 Å². The third kappa shape index (κ3) is 5.47. The number of halogens is 4. The topological polar surface area (TPSA) is 89.0 Å². The number of fused-ring (bicyclic) bond motifs is 1. The van der Waals surface area contributed by atoms with E-state index < -0.39 is 34.8 Å². The van der Waals surface area contributed by atoms with E-state index in [4.69, 9.17) is 14.2 Å². The smallest absolute Gasteiger partial charge is 0.303 e. The Balaban J connectivity index is 1.47. The molecule has 5 rings (SSSR count). The lowest BCUT2D eigenvalue weighted by Crippen LogP contribution is -2.52. The van der Waals surface area contributed by atoms with Crippen LogP contribution in [0.1, 0.15) is 56.6 Å². The molecule has 42 heavy (non-hydrogen) atoms. The van der Waals surface area contributed by atoms with Gasteiger partial charge >= 0.3 is 5.92 Å². The second-order valence-electron chi connectivity index (χ2n) is 11.5. The van der Waals surface area contributed by atoms with E-state index in [2.05, 4.69) is 20.2 Å². The van der Waals surface area contributed by atoms with Crippen LogP contribution in [0.25, 0.3) is 10.9 Å². The van der Waals surface area contributed by atoms with Crippen LogP contribution < -0.4 is 14.8 Å². The van der Waals surface area contributed by atoms with Crippen LogP contribution in [0.2, 0.25) is 0 Å². The number of rotatable bonds is 10. The molecular weight excluding hydrogens is 556 g/mol. The van der Waals surface area contributed by atoms with Gasteiger partial charge in [-0.25, -0.2) is 18.7 Å². The highest BCUT2D eigenvalue weighted by molar-refractivity contribution is 5.92. The lowest BCUT2D eigenvalue weighted by molar-refractivity contribution is -0.170. The summed E-state index contributed by atoms with van der Waals surface area (Å²) in [6, 6.07) is 4.82. The molecule has 3 aromatic rings. The number of ether oxygens (including phenoxy) is 3. The van der Waals surface area contributed by atoms with Crippen molar-refractivity contribution in [2.45, 2.75) is 70.2 Å². The first-order valence-corrected chi connectivity index (χ1v) is 14.0. The second kappa shape index (κ2) is 11.5. The van der Waals surface area contributed by atoms with Crippen LogP contribution in [0.3, 0.4) is 0 Å². The summed E-state index contributed by atoms with van der Waals surface area (Å²) in [5.41, 5.74) is -3.52. The Morgan fingerprint density at radius 3 is 2.57 bits per heavy atom. The Bertz CT molecular complexity index is 1460. The molecule has 0 radical (unpaired) electrons. The summed E-state index contributed by atoms with van der Waals surface area (Å²) < 4.78 is 77.8. The third-order valence-electron chi connectivity index (χ3n) is 8.07. The average Bonchev–Trinajstić information content (AvgIpc) is 3.34. The van der Waals surface area contributed by atoms with Crippen molar-refractivity contribution in [3.8, 4) is 11.5 Å². The first-order chi connectivity index (χ1) is 19.8. The van der Waals surface area contributed by atoms with Gasteiger partial charge in [-0.05, 0) is 59.2 Å². The van der Waals surface area contributed by atoms with E-state index in [1.807, 2.05) is 0 Å². The lowest BCUT2D eigenvalue weighted by Gasteiger charge is -2.38. The van der Waals surface area contributed by atoms with Crippen LogP contribution in [0.15, 0.2) is 24.3 Å². The minimum absolute atomic E-state index is 0.0294. The number of likely N-dealkylation sites (tertiary alicyclic amines) is 1. The van der Waals surface area contributed by atoms with Gasteiger partial charge in [0.15, 0.2) is 17.3 Å². The van der Waals surface area contributed by atoms with Gasteiger partial charge in [0.2, 0.25) is 0 Å². The number of nitrogens with one attached hydrogen (secondary N) is 1. The summed E-state index contributed by atoms with van der Waals surface area (Å²) in [7, 11) is 1.35. The van der Waals surface area contributed by atoms with Crippen LogP contribution in [-0.4, -0.2) is 71.1 Å². The summed E-state index contributed by atoms with van der Waals surface area (Å²) in [5.74, 6) is -5.26. The largest absolute Gasteiger partial charge is 0.490 e. The van der Waals surface area contributed by atoms with E-state index in [9.17, 15) is 13.9 Å². The molecule has 2 N–H and O–H groups in total. The molecule has 3 heterocycles. The lowest BCUT2D eigenvalue weighted by atomic mass is 9.91. The summed E-state index contributed by atoms with van der Waals surface area (Å²) in [4.78, 5) is 11.0. The first-order valence-electron chi connectivity index (χ1n) is 14.0. The zero-order valence-electron chi connectivity index (χ0n) is 24.3.